The molecule has 43 heavy (non-hydrogen) atoms. The van der Waals surface area contributed by atoms with Gasteiger partial charge in [0.05, 0.1) is 11.8 Å². The first-order chi connectivity index (χ1) is 21.0. The third-order valence-electron chi connectivity index (χ3n) is 6.29. The van der Waals surface area contributed by atoms with Crippen molar-refractivity contribution in [1.29, 1.82) is 0 Å². The maximum atomic E-state index is 13.1. The molecule has 6 rings (SSSR count). The van der Waals surface area contributed by atoms with Crippen molar-refractivity contribution in [1.82, 2.24) is 10.7 Å². The van der Waals surface area contributed by atoms with E-state index in [4.69, 9.17) is 23.7 Å². The van der Waals surface area contributed by atoms with Crippen molar-refractivity contribution in [2.45, 2.75) is 0 Å². The highest BCUT2D eigenvalue weighted by molar-refractivity contribution is 6.05. The maximum absolute atomic E-state index is 13.1. The number of amides is 2. The third-order valence-corrected chi connectivity index (χ3v) is 6.29. The van der Waals surface area contributed by atoms with Crippen molar-refractivity contribution in [3.63, 3.8) is 0 Å². The molecule has 2 heterocycles. The number of hydrogen-bond donors (Lipinski definition) is 2. The lowest BCUT2D eigenvalue weighted by molar-refractivity contribution is -0.117. The molecule has 0 radical (unpaired) electrons. The van der Waals surface area contributed by atoms with Crippen LogP contribution >= 0.6 is 0 Å². The van der Waals surface area contributed by atoms with Crippen LogP contribution in [0.15, 0.2) is 102 Å². The van der Waals surface area contributed by atoms with Gasteiger partial charge < -0.3 is 29.0 Å². The Labute approximate surface area is 245 Å². The highest BCUT2D eigenvalue weighted by Gasteiger charge is 2.19. The molecule has 0 saturated carbocycles. The first kappa shape index (κ1) is 27.1. The standard InChI is InChI=1S/C32H23N3O8/c36-30(22-6-2-1-3-7-22)34-25(14-20-9-11-26-28(15-20)41-18-39-26)31(37)35-33-17-21-5-4-8-24(13-21)43-32(38)23-10-12-27-29(16-23)42-19-40-27/h1-17H,18-19H2,(H,34,36)(H,35,37)/b25-14+,33-17-. The van der Waals surface area contributed by atoms with E-state index in [1.807, 2.05) is 0 Å². The van der Waals surface area contributed by atoms with Crippen LogP contribution in [0.5, 0.6) is 28.7 Å². The summed E-state index contributed by atoms with van der Waals surface area (Å²) >= 11 is 0. The highest BCUT2D eigenvalue weighted by Crippen LogP contribution is 2.34. The first-order valence-electron chi connectivity index (χ1n) is 13.0. The molecule has 214 valence electrons. The summed E-state index contributed by atoms with van der Waals surface area (Å²) in [5.74, 6) is 0.713. The second-order valence-electron chi connectivity index (χ2n) is 9.22. The SMILES string of the molecule is O=C(N/N=C\c1cccc(OC(=O)c2ccc3c(c2)OCO3)c1)/C(=C\c1ccc2c(c1)OCO2)NC(=O)c1ccccc1. The predicted octanol–water partition coefficient (Wildman–Crippen LogP) is 4.28. The number of rotatable bonds is 8. The molecule has 2 aliphatic heterocycles. The molecule has 0 bridgehead atoms. The second-order valence-corrected chi connectivity index (χ2v) is 9.22. The van der Waals surface area contributed by atoms with Gasteiger partial charge >= 0.3 is 5.97 Å². The number of ether oxygens (including phenoxy) is 5. The van der Waals surface area contributed by atoms with Crippen molar-refractivity contribution in [3.05, 3.63) is 119 Å². The van der Waals surface area contributed by atoms with E-state index in [1.165, 1.54) is 12.3 Å². The fraction of sp³-hybridized carbons (Fsp3) is 0.0625. The van der Waals surface area contributed by atoms with Gasteiger partial charge in [0.15, 0.2) is 23.0 Å². The summed E-state index contributed by atoms with van der Waals surface area (Å²) in [6, 6.07) is 25.0. The minimum atomic E-state index is -0.663. The number of nitrogens with one attached hydrogen (secondary N) is 2. The Hall–Kier alpha value is -6.10. The maximum Gasteiger partial charge on any atom is 0.343 e. The van der Waals surface area contributed by atoms with Crippen LogP contribution in [-0.2, 0) is 4.79 Å². The third kappa shape index (κ3) is 6.46. The minimum Gasteiger partial charge on any atom is -0.454 e. The van der Waals surface area contributed by atoms with Crippen LogP contribution in [0.1, 0.15) is 31.8 Å². The Kier molecular flexibility index (Phi) is 7.68. The molecule has 2 amide bonds. The van der Waals surface area contributed by atoms with Gasteiger partial charge in [0.25, 0.3) is 11.8 Å². The van der Waals surface area contributed by atoms with E-state index in [1.54, 1.807) is 91.0 Å². The Balaban J connectivity index is 1.15. The molecule has 0 atom stereocenters. The average Bonchev–Trinajstić information content (AvgIpc) is 3.70. The second kappa shape index (κ2) is 12.2. The minimum absolute atomic E-state index is 0.0451. The van der Waals surface area contributed by atoms with Crippen molar-refractivity contribution in [2.75, 3.05) is 13.6 Å². The molecule has 11 nitrogen and oxygen atoms in total. The summed E-state index contributed by atoms with van der Waals surface area (Å²) in [7, 11) is 0. The Morgan fingerprint density at radius 3 is 2.21 bits per heavy atom. The van der Waals surface area contributed by atoms with Gasteiger partial charge in [-0.1, -0.05) is 36.4 Å². The molecule has 11 heteroatoms. The van der Waals surface area contributed by atoms with Crippen LogP contribution in [0.4, 0.5) is 0 Å². The van der Waals surface area contributed by atoms with Crippen molar-refractivity contribution >= 4 is 30.1 Å². The Morgan fingerprint density at radius 1 is 0.698 bits per heavy atom. The van der Waals surface area contributed by atoms with Crippen molar-refractivity contribution < 1.29 is 38.1 Å². The quantitative estimate of drug-likeness (QED) is 0.104. The fourth-order valence-corrected chi connectivity index (χ4v) is 4.19. The Morgan fingerprint density at radius 2 is 1.42 bits per heavy atom. The number of benzene rings is 4. The summed E-state index contributed by atoms with van der Waals surface area (Å²) in [5.41, 5.74) is 4.21. The van der Waals surface area contributed by atoms with Gasteiger partial charge in [0.2, 0.25) is 13.6 Å². The topological polar surface area (TPSA) is 134 Å². The molecule has 2 aliphatic rings. The van der Waals surface area contributed by atoms with E-state index in [2.05, 4.69) is 15.8 Å². The average molecular weight is 578 g/mol. The van der Waals surface area contributed by atoms with Gasteiger partial charge in [0.1, 0.15) is 11.4 Å². The van der Waals surface area contributed by atoms with Gasteiger partial charge in [-0.05, 0) is 71.8 Å². The number of carbonyl (C=O) groups excluding carboxylic acids is 3. The number of hydrazone groups is 1. The van der Waals surface area contributed by atoms with E-state index < -0.39 is 17.8 Å². The molecule has 4 aromatic carbocycles. The number of nitrogens with zero attached hydrogens (tertiary/aromatic N) is 1. The van der Waals surface area contributed by atoms with Gasteiger partial charge in [-0.25, -0.2) is 10.2 Å². The molecule has 0 saturated heterocycles. The van der Waals surface area contributed by atoms with Crippen molar-refractivity contribution in [2.24, 2.45) is 5.10 Å². The van der Waals surface area contributed by atoms with Crippen LogP contribution in [0.3, 0.4) is 0 Å². The van der Waals surface area contributed by atoms with E-state index in [0.29, 0.717) is 45.3 Å². The summed E-state index contributed by atoms with van der Waals surface area (Å²) in [5, 5.41) is 6.68. The summed E-state index contributed by atoms with van der Waals surface area (Å²) in [4.78, 5) is 38.6. The lowest BCUT2D eigenvalue weighted by Gasteiger charge is -2.09. The fourth-order valence-electron chi connectivity index (χ4n) is 4.19. The zero-order chi connectivity index (χ0) is 29.6. The molecule has 0 fully saturated rings. The van der Waals surface area contributed by atoms with Crippen LogP contribution < -0.4 is 34.4 Å². The lowest BCUT2D eigenvalue weighted by Crippen LogP contribution is -2.32. The summed E-state index contributed by atoms with van der Waals surface area (Å²) < 4.78 is 26.8. The zero-order valence-corrected chi connectivity index (χ0v) is 22.4. The largest absolute Gasteiger partial charge is 0.454 e. The van der Waals surface area contributed by atoms with Crippen LogP contribution in [-0.4, -0.2) is 37.6 Å². The molecule has 0 spiro atoms. The highest BCUT2D eigenvalue weighted by atomic mass is 16.7. The monoisotopic (exact) mass is 577 g/mol. The van der Waals surface area contributed by atoms with Gasteiger partial charge in [0, 0.05) is 5.56 Å². The molecule has 0 aliphatic carbocycles. The van der Waals surface area contributed by atoms with E-state index >= 15 is 0 Å². The molecule has 0 aromatic heterocycles. The predicted molar refractivity (Wildman–Crippen MR) is 154 cm³/mol. The zero-order valence-electron chi connectivity index (χ0n) is 22.4. The van der Waals surface area contributed by atoms with E-state index in [-0.39, 0.29) is 25.0 Å². The molecule has 2 N–H and O–H groups in total. The van der Waals surface area contributed by atoms with E-state index in [9.17, 15) is 14.4 Å². The van der Waals surface area contributed by atoms with Gasteiger partial charge in [-0.3, -0.25) is 9.59 Å². The van der Waals surface area contributed by atoms with E-state index in [0.717, 1.165) is 0 Å². The smallest absolute Gasteiger partial charge is 0.343 e. The molecular weight excluding hydrogens is 554 g/mol. The normalized spacial score (nSPS) is 13.1. The molecule has 0 unspecified atom stereocenters. The number of esters is 1. The number of carbonyl (C=O) groups is 3. The Bertz CT molecular complexity index is 1770. The van der Waals surface area contributed by atoms with Crippen molar-refractivity contribution in [3.8, 4) is 28.7 Å². The summed E-state index contributed by atoms with van der Waals surface area (Å²) in [6.45, 7) is 0.203. The van der Waals surface area contributed by atoms with Crippen LogP contribution in [0.2, 0.25) is 0 Å². The number of fused-ring (bicyclic) bond motifs is 2. The van der Waals surface area contributed by atoms with Gasteiger partial charge in [-0.2, -0.15) is 5.10 Å². The first-order valence-corrected chi connectivity index (χ1v) is 13.0. The van der Waals surface area contributed by atoms with Crippen LogP contribution in [0, 0.1) is 0 Å². The molecule has 4 aromatic rings. The summed E-state index contributed by atoms with van der Waals surface area (Å²) in [6.07, 6.45) is 2.89. The van der Waals surface area contributed by atoms with Gasteiger partial charge in [-0.15, -0.1) is 0 Å². The lowest BCUT2D eigenvalue weighted by atomic mass is 10.1. The van der Waals surface area contributed by atoms with Crippen LogP contribution in [0.25, 0.3) is 6.08 Å². The molecular formula is C32H23N3O8. The number of hydrogen-bond acceptors (Lipinski definition) is 9.